The van der Waals surface area contributed by atoms with Gasteiger partial charge in [-0.2, -0.15) is 0 Å². The maximum absolute atomic E-state index is 4.54. The monoisotopic (exact) mass is 274 g/mol. The molecule has 0 saturated carbocycles. The summed E-state index contributed by atoms with van der Waals surface area (Å²) in [5.74, 6) is 2.56. The van der Waals surface area contributed by atoms with Crippen LogP contribution in [0.2, 0.25) is 0 Å². The molecule has 6 nitrogen and oxygen atoms in total. The van der Waals surface area contributed by atoms with E-state index in [1.807, 2.05) is 23.7 Å². The fourth-order valence-electron chi connectivity index (χ4n) is 2.92. The SMILES string of the molecule is CCNCC1CCCN(c2nccn3c(C)nnc23)C1. The van der Waals surface area contributed by atoms with Crippen molar-refractivity contribution in [2.24, 2.45) is 5.92 Å². The number of nitrogens with one attached hydrogen (secondary N) is 1. The Balaban J connectivity index is 1.83. The number of hydrogen-bond donors (Lipinski definition) is 1. The van der Waals surface area contributed by atoms with Gasteiger partial charge in [-0.3, -0.25) is 4.40 Å². The first-order valence-electron chi connectivity index (χ1n) is 7.41. The number of rotatable bonds is 4. The van der Waals surface area contributed by atoms with E-state index in [2.05, 4.69) is 32.3 Å². The third-order valence-electron chi connectivity index (χ3n) is 3.98. The molecule has 2 aromatic heterocycles. The van der Waals surface area contributed by atoms with Gasteiger partial charge in [0.15, 0.2) is 5.82 Å². The maximum atomic E-state index is 4.54. The van der Waals surface area contributed by atoms with Gasteiger partial charge in [0.1, 0.15) is 5.82 Å². The summed E-state index contributed by atoms with van der Waals surface area (Å²) in [4.78, 5) is 6.90. The Morgan fingerprint density at radius 2 is 2.30 bits per heavy atom. The normalized spacial score (nSPS) is 19.7. The highest BCUT2D eigenvalue weighted by atomic mass is 15.3. The summed E-state index contributed by atoms with van der Waals surface area (Å²) >= 11 is 0. The van der Waals surface area contributed by atoms with Crippen molar-refractivity contribution in [2.45, 2.75) is 26.7 Å². The fourth-order valence-corrected chi connectivity index (χ4v) is 2.92. The molecule has 0 spiro atoms. The van der Waals surface area contributed by atoms with Crippen LogP contribution in [0.3, 0.4) is 0 Å². The Morgan fingerprint density at radius 3 is 3.15 bits per heavy atom. The molecule has 0 aliphatic carbocycles. The number of anilines is 1. The molecule has 3 heterocycles. The minimum atomic E-state index is 0.690. The third-order valence-corrected chi connectivity index (χ3v) is 3.98. The molecule has 6 heteroatoms. The Kier molecular flexibility index (Phi) is 3.82. The lowest BCUT2D eigenvalue weighted by atomic mass is 9.98. The van der Waals surface area contributed by atoms with Crippen molar-refractivity contribution in [3.63, 3.8) is 0 Å². The molecule has 2 aromatic rings. The predicted octanol–water partition coefficient (Wildman–Crippen LogP) is 1.26. The first kappa shape index (κ1) is 13.3. The summed E-state index contributed by atoms with van der Waals surface area (Å²) in [6.45, 7) is 8.35. The van der Waals surface area contributed by atoms with Crippen molar-refractivity contribution >= 4 is 11.5 Å². The second kappa shape index (κ2) is 5.75. The van der Waals surface area contributed by atoms with Crippen LogP contribution in [0.5, 0.6) is 0 Å². The lowest BCUT2D eigenvalue weighted by Gasteiger charge is -2.33. The van der Waals surface area contributed by atoms with E-state index in [1.165, 1.54) is 12.8 Å². The molecule has 1 unspecified atom stereocenters. The summed E-state index contributed by atoms with van der Waals surface area (Å²) in [6, 6.07) is 0. The molecule has 0 radical (unpaired) electrons. The molecule has 20 heavy (non-hydrogen) atoms. The zero-order valence-corrected chi connectivity index (χ0v) is 12.2. The summed E-state index contributed by atoms with van der Waals surface area (Å²) < 4.78 is 2.01. The van der Waals surface area contributed by atoms with E-state index in [-0.39, 0.29) is 0 Å². The predicted molar refractivity (Wildman–Crippen MR) is 79.0 cm³/mol. The van der Waals surface area contributed by atoms with Gasteiger partial charge in [-0.1, -0.05) is 6.92 Å². The molecule has 0 amide bonds. The lowest BCUT2D eigenvalue weighted by Crippen LogP contribution is -2.40. The summed E-state index contributed by atoms with van der Waals surface area (Å²) in [6.07, 6.45) is 6.27. The second-order valence-electron chi connectivity index (χ2n) is 5.45. The van der Waals surface area contributed by atoms with Crippen LogP contribution in [0.4, 0.5) is 5.82 Å². The highest BCUT2D eigenvalue weighted by molar-refractivity contribution is 5.63. The summed E-state index contributed by atoms with van der Waals surface area (Å²) in [7, 11) is 0. The van der Waals surface area contributed by atoms with Gasteiger partial charge in [0.2, 0.25) is 5.65 Å². The molecule has 1 saturated heterocycles. The van der Waals surface area contributed by atoms with Crippen LogP contribution in [0.25, 0.3) is 5.65 Å². The van der Waals surface area contributed by atoms with E-state index < -0.39 is 0 Å². The van der Waals surface area contributed by atoms with Crippen molar-refractivity contribution in [3.05, 3.63) is 18.2 Å². The molecular weight excluding hydrogens is 252 g/mol. The number of aromatic nitrogens is 4. The van der Waals surface area contributed by atoms with Gasteiger partial charge in [-0.25, -0.2) is 4.98 Å². The molecule has 3 rings (SSSR count). The van der Waals surface area contributed by atoms with Gasteiger partial charge in [-0.15, -0.1) is 10.2 Å². The van der Waals surface area contributed by atoms with Crippen molar-refractivity contribution in [1.29, 1.82) is 0 Å². The average molecular weight is 274 g/mol. The Labute approximate surface area is 119 Å². The van der Waals surface area contributed by atoms with E-state index in [9.17, 15) is 0 Å². The van der Waals surface area contributed by atoms with Gasteiger partial charge in [0.05, 0.1) is 0 Å². The van der Waals surface area contributed by atoms with Crippen LogP contribution in [0.15, 0.2) is 12.4 Å². The van der Waals surface area contributed by atoms with Crippen molar-refractivity contribution in [3.8, 4) is 0 Å². The smallest absolute Gasteiger partial charge is 0.203 e. The van der Waals surface area contributed by atoms with Crippen molar-refractivity contribution < 1.29 is 0 Å². The van der Waals surface area contributed by atoms with E-state index in [4.69, 9.17) is 0 Å². The molecule has 108 valence electrons. The van der Waals surface area contributed by atoms with Gasteiger partial charge in [0.25, 0.3) is 0 Å². The number of aryl methyl sites for hydroxylation is 1. The molecule has 1 aliphatic rings. The lowest BCUT2D eigenvalue weighted by molar-refractivity contribution is 0.394. The van der Waals surface area contributed by atoms with E-state index >= 15 is 0 Å². The molecule has 1 fully saturated rings. The first-order chi connectivity index (χ1) is 9.79. The zero-order chi connectivity index (χ0) is 13.9. The number of piperidine rings is 1. The van der Waals surface area contributed by atoms with Gasteiger partial charge in [0, 0.05) is 25.5 Å². The van der Waals surface area contributed by atoms with Crippen LogP contribution in [-0.4, -0.2) is 45.8 Å². The summed E-state index contributed by atoms with van der Waals surface area (Å²) in [5.41, 5.74) is 0.870. The Morgan fingerprint density at radius 1 is 1.40 bits per heavy atom. The zero-order valence-electron chi connectivity index (χ0n) is 12.2. The van der Waals surface area contributed by atoms with Crippen LogP contribution in [0, 0.1) is 12.8 Å². The molecule has 1 aliphatic heterocycles. The first-order valence-corrected chi connectivity index (χ1v) is 7.41. The number of fused-ring (bicyclic) bond motifs is 1. The highest BCUT2D eigenvalue weighted by Crippen LogP contribution is 2.24. The quantitative estimate of drug-likeness (QED) is 0.909. The van der Waals surface area contributed by atoms with Crippen LogP contribution in [0.1, 0.15) is 25.6 Å². The second-order valence-corrected chi connectivity index (χ2v) is 5.45. The summed E-state index contributed by atoms with van der Waals surface area (Å²) in [5, 5.41) is 11.9. The number of hydrogen-bond acceptors (Lipinski definition) is 5. The van der Waals surface area contributed by atoms with Crippen molar-refractivity contribution in [1.82, 2.24) is 24.9 Å². The molecular formula is C14H22N6. The van der Waals surface area contributed by atoms with Gasteiger partial charge in [-0.05, 0) is 38.8 Å². The Hall–Kier alpha value is -1.69. The molecule has 1 atom stereocenters. The van der Waals surface area contributed by atoms with E-state index in [0.29, 0.717) is 5.92 Å². The molecule has 0 bridgehead atoms. The minimum Gasteiger partial charge on any atom is -0.353 e. The van der Waals surface area contributed by atoms with Crippen LogP contribution < -0.4 is 10.2 Å². The van der Waals surface area contributed by atoms with E-state index in [0.717, 1.165) is 43.5 Å². The van der Waals surface area contributed by atoms with Gasteiger partial charge < -0.3 is 10.2 Å². The minimum absolute atomic E-state index is 0.690. The average Bonchev–Trinajstić information content (AvgIpc) is 2.87. The van der Waals surface area contributed by atoms with Crippen LogP contribution in [-0.2, 0) is 0 Å². The highest BCUT2D eigenvalue weighted by Gasteiger charge is 2.23. The van der Waals surface area contributed by atoms with Crippen molar-refractivity contribution in [2.75, 3.05) is 31.1 Å². The van der Waals surface area contributed by atoms with Crippen LogP contribution >= 0.6 is 0 Å². The Bertz CT molecular complexity index is 578. The number of nitrogens with zero attached hydrogens (tertiary/aromatic N) is 5. The van der Waals surface area contributed by atoms with Gasteiger partial charge >= 0.3 is 0 Å². The largest absolute Gasteiger partial charge is 0.353 e. The van der Waals surface area contributed by atoms with E-state index in [1.54, 1.807) is 0 Å². The maximum Gasteiger partial charge on any atom is 0.203 e. The standard InChI is InChI=1S/C14H22N6/c1-3-15-9-12-5-4-7-19(10-12)13-14-18-17-11(2)20(14)8-6-16-13/h6,8,12,15H,3-5,7,9-10H2,1-2H3. The molecule has 0 aromatic carbocycles. The third kappa shape index (κ3) is 2.47. The topological polar surface area (TPSA) is 58.4 Å². The fraction of sp³-hybridized carbons (Fsp3) is 0.643. The molecule has 1 N–H and O–H groups in total.